The number of benzene rings is 2. The molecule has 1 aromatic heterocycles. The van der Waals surface area contributed by atoms with Gasteiger partial charge in [0.25, 0.3) is 0 Å². The second kappa shape index (κ2) is 8.65. The van der Waals surface area contributed by atoms with E-state index in [4.69, 9.17) is 16.3 Å². The Balaban J connectivity index is 2.06. The van der Waals surface area contributed by atoms with E-state index in [9.17, 15) is 0 Å². The number of methoxy groups -OCH3 is 1. The first-order valence-corrected chi connectivity index (χ1v) is 10.5. The highest BCUT2D eigenvalue weighted by molar-refractivity contribution is 8.02. The van der Waals surface area contributed by atoms with Crippen molar-refractivity contribution in [3.63, 3.8) is 0 Å². The largest absolute Gasteiger partial charge is 0.497 e. The van der Waals surface area contributed by atoms with E-state index in [2.05, 4.69) is 21.0 Å². The summed E-state index contributed by atoms with van der Waals surface area (Å²) < 4.78 is 7.41. The normalized spacial score (nSPS) is 10.8. The minimum absolute atomic E-state index is 0.705. The van der Waals surface area contributed by atoms with Gasteiger partial charge in [-0.1, -0.05) is 35.5 Å². The van der Waals surface area contributed by atoms with Gasteiger partial charge in [-0.15, -0.1) is 10.2 Å². The van der Waals surface area contributed by atoms with E-state index in [0.29, 0.717) is 5.02 Å². The van der Waals surface area contributed by atoms with Gasteiger partial charge >= 0.3 is 0 Å². The predicted octanol–water partition coefficient (Wildman–Crippen LogP) is 5.05. The summed E-state index contributed by atoms with van der Waals surface area (Å²) >= 11 is 9.57. The molecular weight excluding hydrogens is 374 g/mol. The third-order valence-corrected chi connectivity index (χ3v) is 5.62. The number of hydrogen-bond donors (Lipinski definition) is 0. The van der Waals surface area contributed by atoms with Crippen molar-refractivity contribution >= 4 is 35.1 Å². The van der Waals surface area contributed by atoms with Crippen LogP contribution in [0, 0.1) is 0 Å². The van der Waals surface area contributed by atoms with Crippen molar-refractivity contribution in [2.45, 2.75) is 5.16 Å². The average Bonchev–Trinajstić information content (AvgIpc) is 3.06. The number of halogens is 1. The van der Waals surface area contributed by atoms with Gasteiger partial charge in [0.15, 0.2) is 11.0 Å². The number of nitrogens with zero attached hydrogens (tertiary/aromatic N) is 3. The van der Waals surface area contributed by atoms with Crippen molar-refractivity contribution < 1.29 is 4.74 Å². The monoisotopic (exact) mass is 391 g/mol. The van der Waals surface area contributed by atoms with E-state index in [1.54, 1.807) is 18.9 Å². The summed E-state index contributed by atoms with van der Waals surface area (Å²) in [6, 6.07) is 15.6. The standard InChI is InChI=1S/C18H18ClN3OS2/c1-23-16-5-3-4-13(12-16)17-20-21-18(25-11-10-24-2)22(17)15-8-6-14(19)7-9-15/h3-9,12H,10-11H2,1-2H3. The molecule has 0 aliphatic heterocycles. The number of aromatic nitrogens is 3. The van der Waals surface area contributed by atoms with Gasteiger partial charge in [0.05, 0.1) is 7.11 Å². The molecule has 0 aliphatic carbocycles. The summed E-state index contributed by atoms with van der Waals surface area (Å²) in [7, 11) is 1.66. The molecule has 0 amide bonds. The Labute approximate surface area is 160 Å². The van der Waals surface area contributed by atoms with Crippen LogP contribution in [-0.2, 0) is 0 Å². The highest BCUT2D eigenvalue weighted by Gasteiger charge is 2.16. The van der Waals surface area contributed by atoms with Crippen LogP contribution in [0.15, 0.2) is 53.7 Å². The van der Waals surface area contributed by atoms with E-state index >= 15 is 0 Å². The van der Waals surface area contributed by atoms with Gasteiger partial charge in [-0.05, 0) is 42.7 Å². The third kappa shape index (κ3) is 4.32. The van der Waals surface area contributed by atoms with E-state index in [1.165, 1.54) is 0 Å². The van der Waals surface area contributed by atoms with E-state index < -0.39 is 0 Å². The fourth-order valence-corrected chi connectivity index (χ4v) is 4.08. The number of hydrogen-bond acceptors (Lipinski definition) is 5. The van der Waals surface area contributed by atoms with Crippen LogP contribution in [0.2, 0.25) is 5.02 Å². The highest BCUT2D eigenvalue weighted by Crippen LogP contribution is 2.30. The zero-order chi connectivity index (χ0) is 17.6. The third-order valence-electron chi connectivity index (χ3n) is 3.56. The summed E-state index contributed by atoms with van der Waals surface area (Å²) in [6.45, 7) is 0. The predicted molar refractivity (Wildman–Crippen MR) is 107 cm³/mol. The fraction of sp³-hybridized carbons (Fsp3) is 0.222. The molecule has 2 aromatic carbocycles. The van der Waals surface area contributed by atoms with Crippen LogP contribution >= 0.6 is 35.1 Å². The molecule has 0 bridgehead atoms. The van der Waals surface area contributed by atoms with Crippen LogP contribution in [0.5, 0.6) is 5.75 Å². The maximum absolute atomic E-state index is 6.05. The van der Waals surface area contributed by atoms with Crippen LogP contribution in [0.4, 0.5) is 0 Å². The molecule has 7 heteroatoms. The van der Waals surface area contributed by atoms with Crippen molar-refractivity contribution in [2.24, 2.45) is 0 Å². The highest BCUT2D eigenvalue weighted by atomic mass is 35.5. The molecule has 0 saturated carbocycles. The summed E-state index contributed by atoms with van der Waals surface area (Å²) in [5, 5.41) is 10.4. The second-order valence-electron chi connectivity index (χ2n) is 5.19. The maximum atomic E-state index is 6.05. The Morgan fingerprint density at radius 2 is 1.88 bits per heavy atom. The molecule has 1 heterocycles. The van der Waals surface area contributed by atoms with E-state index in [0.717, 1.165) is 39.5 Å². The van der Waals surface area contributed by atoms with Gasteiger partial charge in [0, 0.05) is 27.8 Å². The summed E-state index contributed by atoms with van der Waals surface area (Å²) in [5.74, 6) is 3.62. The van der Waals surface area contributed by atoms with Gasteiger partial charge in [0.1, 0.15) is 5.75 Å². The van der Waals surface area contributed by atoms with Gasteiger partial charge in [-0.3, -0.25) is 4.57 Å². The molecule has 0 N–H and O–H groups in total. The molecule has 3 aromatic rings. The van der Waals surface area contributed by atoms with Gasteiger partial charge in [-0.25, -0.2) is 0 Å². The zero-order valence-corrected chi connectivity index (χ0v) is 16.4. The first kappa shape index (κ1) is 18.2. The first-order chi connectivity index (χ1) is 12.2. The first-order valence-electron chi connectivity index (χ1n) is 7.70. The topological polar surface area (TPSA) is 39.9 Å². The molecule has 0 fully saturated rings. The van der Waals surface area contributed by atoms with E-state index in [-0.39, 0.29) is 0 Å². The van der Waals surface area contributed by atoms with Crippen molar-refractivity contribution in [3.05, 3.63) is 53.6 Å². The minimum Gasteiger partial charge on any atom is -0.497 e. The molecule has 0 aliphatic rings. The van der Waals surface area contributed by atoms with Crippen LogP contribution in [0.25, 0.3) is 17.1 Å². The molecule has 130 valence electrons. The Hall–Kier alpha value is -1.63. The molecule has 3 rings (SSSR count). The molecule has 4 nitrogen and oxygen atoms in total. The molecule has 0 atom stereocenters. The van der Waals surface area contributed by atoms with Gasteiger partial charge in [0.2, 0.25) is 0 Å². The van der Waals surface area contributed by atoms with Crippen molar-refractivity contribution in [3.8, 4) is 22.8 Å². The van der Waals surface area contributed by atoms with Crippen LogP contribution in [0.1, 0.15) is 0 Å². The molecule has 0 spiro atoms. The Bertz CT molecular complexity index is 837. The number of rotatable bonds is 7. The smallest absolute Gasteiger partial charge is 0.196 e. The lowest BCUT2D eigenvalue weighted by Crippen LogP contribution is -2.00. The van der Waals surface area contributed by atoms with E-state index in [1.807, 2.05) is 60.3 Å². The van der Waals surface area contributed by atoms with Crippen molar-refractivity contribution in [1.29, 1.82) is 0 Å². The average molecular weight is 392 g/mol. The number of thioether (sulfide) groups is 2. The molecule has 0 unspecified atom stereocenters. The Morgan fingerprint density at radius 3 is 2.60 bits per heavy atom. The van der Waals surface area contributed by atoms with Crippen LogP contribution in [-0.4, -0.2) is 39.6 Å². The van der Waals surface area contributed by atoms with Crippen LogP contribution in [0.3, 0.4) is 0 Å². The number of ether oxygens (including phenoxy) is 1. The summed E-state index contributed by atoms with van der Waals surface area (Å²) in [6.07, 6.45) is 2.10. The maximum Gasteiger partial charge on any atom is 0.196 e. The Kier molecular flexibility index (Phi) is 6.29. The second-order valence-corrected chi connectivity index (χ2v) is 7.68. The quantitative estimate of drug-likeness (QED) is 0.416. The van der Waals surface area contributed by atoms with Gasteiger partial charge in [-0.2, -0.15) is 11.8 Å². The van der Waals surface area contributed by atoms with Crippen molar-refractivity contribution in [1.82, 2.24) is 14.8 Å². The lowest BCUT2D eigenvalue weighted by atomic mass is 10.2. The lowest BCUT2D eigenvalue weighted by Gasteiger charge is -2.11. The van der Waals surface area contributed by atoms with Crippen LogP contribution < -0.4 is 4.74 Å². The zero-order valence-electron chi connectivity index (χ0n) is 14.0. The minimum atomic E-state index is 0.705. The fourth-order valence-electron chi connectivity index (χ4n) is 2.35. The van der Waals surface area contributed by atoms with Crippen molar-refractivity contribution in [2.75, 3.05) is 24.9 Å². The van der Waals surface area contributed by atoms with Gasteiger partial charge < -0.3 is 4.74 Å². The molecular formula is C18H18ClN3OS2. The Morgan fingerprint density at radius 1 is 1.08 bits per heavy atom. The molecule has 0 saturated heterocycles. The summed E-state index contributed by atoms with van der Waals surface area (Å²) in [5.41, 5.74) is 1.94. The molecule has 25 heavy (non-hydrogen) atoms. The SMILES string of the molecule is COc1cccc(-c2nnc(SCCSC)n2-c2ccc(Cl)cc2)c1. The lowest BCUT2D eigenvalue weighted by molar-refractivity contribution is 0.415. The molecule has 0 radical (unpaired) electrons. The summed E-state index contributed by atoms with van der Waals surface area (Å²) in [4.78, 5) is 0.